The van der Waals surface area contributed by atoms with Crippen LogP contribution < -0.4 is 0 Å². The summed E-state index contributed by atoms with van der Waals surface area (Å²) in [5, 5.41) is 0. The van der Waals surface area contributed by atoms with Crippen LogP contribution in [0.1, 0.15) is 52.9 Å². The summed E-state index contributed by atoms with van der Waals surface area (Å²) >= 11 is 0. The van der Waals surface area contributed by atoms with Crippen LogP contribution in [0.25, 0.3) is 11.0 Å². The smallest absolute Gasteiger partial charge is 0.112 e. The zero-order valence-corrected chi connectivity index (χ0v) is 11.9. The molecule has 1 heterocycles. The average Bonchev–Trinajstić information content (AvgIpc) is 2.74. The van der Waals surface area contributed by atoms with Crippen molar-refractivity contribution >= 4 is 11.0 Å². The van der Waals surface area contributed by atoms with Crippen LogP contribution in [0, 0.1) is 0 Å². The van der Waals surface area contributed by atoms with Gasteiger partial charge in [-0.1, -0.05) is 47.6 Å². The van der Waals surface area contributed by atoms with Crippen molar-refractivity contribution in [3.63, 3.8) is 0 Å². The van der Waals surface area contributed by atoms with E-state index in [-0.39, 0.29) is 5.41 Å². The van der Waals surface area contributed by atoms with Gasteiger partial charge in [-0.25, -0.2) is 4.98 Å². The highest BCUT2D eigenvalue weighted by molar-refractivity contribution is 5.76. The summed E-state index contributed by atoms with van der Waals surface area (Å²) in [6.07, 6.45) is 1.07. The topological polar surface area (TPSA) is 28.7 Å². The lowest BCUT2D eigenvalue weighted by Gasteiger charge is -2.13. The molecule has 0 radical (unpaired) electrons. The molecule has 1 aromatic carbocycles. The van der Waals surface area contributed by atoms with Gasteiger partial charge in [-0.15, -0.1) is 0 Å². The molecular weight excluding hydrogens is 208 g/mol. The first-order chi connectivity index (χ1) is 8.00. The van der Waals surface area contributed by atoms with Crippen LogP contribution in [-0.4, -0.2) is 9.97 Å². The van der Waals surface area contributed by atoms with Crippen molar-refractivity contribution in [3.05, 3.63) is 29.6 Å². The van der Waals surface area contributed by atoms with Gasteiger partial charge in [0.2, 0.25) is 0 Å². The monoisotopic (exact) mass is 232 g/mol. The summed E-state index contributed by atoms with van der Waals surface area (Å²) in [6, 6.07) is 6.44. The number of nitrogens with zero attached hydrogens (tertiary/aromatic N) is 1. The second-order valence-corrected chi connectivity index (χ2v) is 5.04. The Morgan fingerprint density at radius 1 is 1.18 bits per heavy atom. The number of aryl methyl sites for hydroxylation is 1. The van der Waals surface area contributed by atoms with Crippen LogP contribution in [0.3, 0.4) is 0 Å². The van der Waals surface area contributed by atoms with Crippen molar-refractivity contribution in [2.24, 2.45) is 0 Å². The van der Waals surface area contributed by atoms with Crippen LogP contribution in [0.15, 0.2) is 18.2 Å². The van der Waals surface area contributed by atoms with Gasteiger partial charge in [0.05, 0.1) is 11.0 Å². The number of imidazole rings is 1. The highest BCUT2D eigenvalue weighted by Crippen LogP contribution is 2.22. The molecule has 0 fully saturated rings. The molecule has 2 rings (SSSR count). The first-order valence-electron chi connectivity index (χ1n) is 6.50. The maximum absolute atomic E-state index is 4.60. The molecule has 0 bridgehead atoms. The highest BCUT2D eigenvalue weighted by atomic mass is 14.9. The lowest BCUT2D eigenvalue weighted by atomic mass is 9.96. The van der Waals surface area contributed by atoms with E-state index in [0.717, 1.165) is 23.3 Å². The lowest BCUT2D eigenvalue weighted by molar-refractivity contribution is 0.554. The molecular formula is C15H24N2. The number of hydrogen-bond acceptors (Lipinski definition) is 1. The molecule has 2 nitrogen and oxygen atoms in total. The van der Waals surface area contributed by atoms with E-state index < -0.39 is 0 Å². The molecule has 0 saturated heterocycles. The van der Waals surface area contributed by atoms with Gasteiger partial charge in [0.25, 0.3) is 0 Å². The Hall–Kier alpha value is -1.31. The molecule has 0 spiro atoms. The molecule has 17 heavy (non-hydrogen) atoms. The first kappa shape index (κ1) is 13.8. The average molecular weight is 232 g/mol. The maximum atomic E-state index is 4.60. The van der Waals surface area contributed by atoms with Gasteiger partial charge in [0.15, 0.2) is 0 Å². The molecule has 0 saturated carbocycles. The fourth-order valence-corrected chi connectivity index (χ4v) is 1.63. The minimum Gasteiger partial charge on any atom is -0.342 e. The molecule has 1 aromatic heterocycles. The molecule has 0 unspecified atom stereocenters. The van der Waals surface area contributed by atoms with E-state index in [4.69, 9.17) is 0 Å². The van der Waals surface area contributed by atoms with E-state index >= 15 is 0 Å². The first-order valence-corrected chi connectivity index (χ1v) is 6.50. The van der Waals surface area contributed by atoms with Crippen molar-refractivity contribution < 1.29 is 0 Å². The fourth-order valence-electron chi connectivity index (χ4n) is 1.63. The molecule has 0 aliphatic carbocycles. The number of fused-ring (bicyclic) bond motifs is 1. The van der Waals surface area contributed by atoms with Crippen molar-refractivity contribution in [1.82, 2.24) is 9.97 Å². The molecule has 2 heteroatoms. The third kappa shape index (κ3) is 3.09. The van der Waals surface area contributed by atoms with Gasteiger partial charge < -0.3 is 4.98 Å². The van der Waals surface area contributed by atoms with Gasteiger partial charge in [-0.05, 0) is 24.1 Å². The number of nitrogens with one attached hydrogen (secondary N) is 1. The predicted molar refractivity (Wildman–Crippen MR) is 75.5 cm³/mol. The quantitative estimate of drug-likeness (QED) is 0.773. The van der Waals surface area contributed by atoms with Gasteiger partial charge in [0.1, 0.15) is 5.82 Å². The number of aromatic amines is 1. The number of aromatic nitrogens is 2. The molecule has 2 aromatic rings. The summed E-state index contributed by atoms with van der Waals surface area (Å²) < 4.78 is 0. The Morgan fingerprint density at radius 2 is 1.82 bits per heavy atom. The number of hydrogen-bond donors (Lipinski definition) is 1. The maximum Gasteiger partial charge on any atom is 0.112 e. The molecule has 1 N–H and O–H groups in total. The summed E-state index contributed by atoms with van der Waals surface area (Å²) in [5.41, 5.74) is 3.66. The zero-order valence-electron chi connectivity index (χ0n) is 11.9. The minimum absolute atomic E-state index is 0.0887. The third-order valence-corrected chi connectivity index (χ3v) is 2.66. The van der Waals surface area contributed by atoms with Crippen molar-refractivity contribution in [2.45, 2.75) is 53.4 Å². The van der Waals surface area contributed by atoms with Gasteiger partial charge in [-0.3, -0.25) is 0 Å². The van der Waals surface area contributed by atoms with Crippen LogP contribution in [-0.2, 0) is 11.8 Å². The second-order valence-electron chi connectivity index (χ2n) is 5.04. The third-order valence-electron chi connectivity index (χ3n) is 2.66. The zero-order chi connectivity index (χ0) is 13.1. The Kier molecular flexibility index (Phi) is 4.33. The SMILES string of the molecule is CC.CCc1ccc2nc(C(C)(C)C)[nH]c2c1. The Bertz CT molecular complexity index is 475. The van der Waals surface area contributed by atoms with Gasteiger partial charge in [-0.2, -0.15) is 0 Å². The molecule has 94 valence electrons. The van der Waals surface area contributed by atoms with Crippen LogP contribution in [0.2, 0.25) is 0 Å². The van der Waals surface area contributed by atoms with Crippen LogP contribution >= 0.6 is 0 Å². The van der Waals surface area contributed by atoms with E-state index in [0.29, 0.717) is 0 Å². The van der Waals surface area contributed by atoms with E-state index in [1.165, 1.54) is 5.56 Å². The largest absolute Gasteiger partial charge is 0.342 e. The molecule has 0 atom stereocenters. The highest BCUT2D eigenvalue weighted by Gasteiger charge is 2.17. The van der Waals surface area contributed by atoms with Crippen molar-refractivity contribution in [3.8, 4) is 0 Å². The lowest BCUT2D eigenvalue weighted by Crippen LogP contribution is -2.12. The number of benzene rings is 1. The van der Waals surface area contributed by atoms with Crippen molar-refractivity contribution in [1.29, 1.82) is 0 Å². The fraction of sp³-hybridized carbons (Fsp3) is 0.533. The van der Waals surface area contributed by atoms with Crippen molar-refractivity contribution in [2.75, 3.05) is 0 Å². The van der Waals surface area contributed by atoms with Crippen LogP contribution in [0.4, 0.5) is 0 Å². The molecule has 0 amide bonds. The van der Waals surface area contributed by atoms with Gasteiger partial charge in [0, 0.05) is 5.41 Å². The summed E-state index contributed by atoms with van der Waals surface area (Å²) in [7, 11) is 0. The summed E-state index contributed by atoms with van der Waals surface area (Å²) in [4.78, 5) is 8.00. The minimum atomic E-state index is 0.0887. The second kappa shape index (κ2) is 5.35. The molecule has 0 aliphatic heterocycles. The molecule has 0 aliphatic rings. The van der Waals surface area contributed by atoms with E-state index in [9.17, 15) is 0 Å². The summed E-state index contributed by atoms with van der Waals surface area (Å²) in [6.45, 7) is 12.7. The Labute approximate surface area is 104 Å². The van der Waals surface area contributed by atoms with E-state index in [1.54, 1.807) is 0 Å². The number of rotatable bonds is 1. The Morgan fingerprint density at radius 3 is 2.35 bits per heavy atom. The van der Waals surface area contributed by atoms with Gasteiger partial charge >= 0.3 is 0 Å². The van der Waals surface area contributed by atoms with E-state index in [1.807, 2.05) is 13.8 Å². The van der Waals surface area contributed by atoms with Crippen LogP contribution in [0.5, 0.6) is 0 Å². The summed E-state index contributed by atoms with van der Waals surface area (Å²) in [5.74, 6) is 1.06. The Balaban J connectivity index is 0.000000686. The predicted octanol–water partition coefficient (Wildman–Crippen LogP) is 4.45. The standard InChI is InChI=1S/C13H18N2.C2H6/c1-5-9-6-7-10-11(8-9)15-12(14-10)13(2,3)4;1-2/h6-8H,5H2,1-4H3,(H,14,15);1-2H3. The number of H-pyrrole nitrogens is 1. The normalized spacial score (nSPS) is 11.2. The van der Waals surface area contributed by atoms with E-state index in [2.05, 4.69) is 55.9 Å².